The zero-order valence-electron chi connectivity index (χ0n) is 33.4. The summed E-state index contributed by atoms with van der Waals surface area (Å²) in [5, 5.41) is 4.79. The van der Waals surface area contributed by atoms with E-state index in [2.05, 4.69) is 65.5 Å². The van der Waals surface area contributed by atoms with E-state index in [1.165, 1.54) is 7.11 Å². The molecule has 2 fully saturated rings. The fourth-order valence-corrected chi connectivity index (χ4v) is 8.54. The van der Waals surface area contributed by atoms with Crippen molar-refractivity contribution < 1.29 is 28.6 Å². The number of likely N-dealkylation sites (tertiary alicyclic amines) is 2. The first-order valence-electron chi connectivity index (χ1n) is 19.6. The highest BCUT2D eigenvalue weighted by molar-refractivity contribution is 6.07. The van der Waals surface area contributed by atoms with Crippen LogP contribution >= 0.6 is 0 Å². The van der Waals surface area contributed by atoms with Crippen LogP contribution in [0.4, 0.5) is 9.59 Å². The van der Waals surface area contributed by atoms with Crippen LogP contribution in [-0.4, -0.2) is 79.7 Å². The highest BCUT2D eigenvalue weighted by atomic mass is 16.6. The molecule has 294 valence electrons. The van der Waals surface area contributed by atoms with Crippen molar-refractivity contribution in [2.45, 2.75) is 91.6 Å². The number of aromatic nitrogens is 4. The topological polar surface area (TPSA) is 155 Å². The van der Waals surface area contributed by atoms with Crippen molar-refractivity contribution in [3.05, 3.63) is 65.9 Å². The maximum Gasteiger partial charge on any atom is 0.410 e. The third-order valence-electron chi connectivity index (χ3n) is 11.2. The number of fused-ring (bicyclic) bond motifs is 6. The van der Waals surface area contributed by atoms with Crippen molar-refractivity contribution in [3.8, 4) is 28.1 Å². The van der Waals surface area contributed by atoms with E-state index >= 15 is 0 Å². The van der Waals surface area contributed by atoms with Gasteiger partial charge in [0.25, 0.3) is 0 Å². The fraction of sp³-hybridized carbons (Fsp3) is 0.465. The monoisotopic (exact) mass is 761 g/mol. The van der Waals surface area contributed by atoms with Crippen molar-refractivity contribution in [1.82, 2.24) is 35.1 Å². The number of nitrogens with zero attached hydrogens (tertiary/aromatic N) is 4. The smallest absolute Gasteiger partial charge is 0.410 e. The molecule has 0 saturated carbocycles. The number of benzene rings is 3. The molecule has 3 aromatic carbocycles. The van der Waals surface area contributed by atoms with Crippen LogP contribution in [0.2, 0.25) is 0 Å². The first-order valence-corrected chi connectivity index (χ1v) is 19.6. The Balaban J connectivity index is 1.05. The minimum Gasteiger partial charge on any atom is -0.488 e. The first kappa shape index (κ1) is 37.3. The van der Waals surface area contributed by atoms with Gasteiger partial charge in [0.15, 0.2) is 0 Å². The Hall–Kier alpha value is -5.59. The van der Waals surface area contributed by atoms with E-state index in [-0.39, 0.29) is 35.9 Å². The lowest BCUT2D eigenvalue weighted by atomic mass is 9.92. The molecule has 3 amide bonds. The van der Waals surface area contributed by atoms with Gasteiger partial charge in [0.2, 0.25) is 5.91 Å². The Morgan fingerprint density at radius 3 is 2.38 bits per heavy atom. The molecule has 0 aliphatic carbocycles. The average molecular weight is 762 g/mol. The average Bonchev–Trinajstić information content (AvgIpc) is 3.97. The van der Waals surface area contributed by atoms with Gasteiger partial charge in [-0.3, -0.25) is 9.69 Å². The molecule has 0 spiro atoms. The number of methoxy groups -OCH3 is 1. The number of nitrogens with one attached hydrogen (secondary N) is 3. The third kappa shape index (κ3) is 6.92. The van der Waals surface area contributed by atoms with E-state index in [0.29, 0.717) is 25.6 Å². The summed E-state index contributed by atoms with van der Waals surface area (Å²) in [6.45, 7) is 15.4. The van der Waals surface area contributed by atoms with Gasteiger partial charge in [-0.1, -0.05) is 45.9 Å². The van der Waals surface area contributed by atoms with Crippen molar-refractivity contribution >= 4 is 39.9 Å². The molecule has 0 bridgehead atoms. The molecule has 13 nitrogen and oxygen atoms in total. The molecule has 8 rings (SSSR count). The van der Waals surface area contributed by atoms with Crippen LogP contribution in [0.1, 0.15) is 90.6 Å². The van der Waals surface area contributed by atoms with E-state index in [1.807, 2.05) is 51.8 Å². The van der Waals surface area contributed by atoms with E-state index in [4.69, 9.17) is 24.2 Å². The van der Waals surface area contributed by atoms with Gasteiger partial charge in [0.1, 0.15) is 35.6 Å². The van der Waals surface area contributed by atoms with Gasteiger partial charge in [0.05, 0.1) is 42.1 Å². The molecule has 3 N–H and O–H groups in total. The zero-order chi connectivity index (χ0) is 39.6. The summed E-state index contributed by atoms with van der Waals surface area (Å²) in [5.41, 5.74) is 6.19. The quantitative estimate of drug-likeness (QED) is 0.156. The molecule has 13 heteroatoms. The van der Waals surface area contributed by atoms with Crippen LogP contribution in [0.3, 0.4) is 0 Å². The second kappa shape index (κ2) is 14.2. The molecule has 5 aromatic rings. The number of hydrogen-bond donors (Lipinski definition) is 3. The lowest BCUT2D eigenvalue weighted by molar-refractivity contribution is -0.135. The third-order valence-corrected chi connectivity index (χ3v) is 11.2. The molecule has 3 aliphatic rings. The van der Waals surface area contributed by atoms with Gasteiger partial charge in [-0.05, 0) is 97.7 Å². The summed E-state index contributed by atoms with van der Waals surface area (Å²) in [6, 6.07) is 13.6. The largest absolute Gasteiger partial charge is 0.488 e. The Morgan fingerprint density at radius 2 is 1.66 bits per heavy atom. The Morgan fingerprint density at radius 1 is 0.929 bits per heavy atom. The summed E-state index contributed by atoms with van der Waals surface area (Å²) in [5.74, 6) is 2.63. The predicted octanol–water partition coefficient (Wildman–Crippen LogP) is 8.27. The molecule has 2 saturated heterocycles. The van der Waals surface area contributed by atoms with Crippen LogP contribution in [-0.2, 0) is 20.9 Å². The van der Waals surface area contributed by atoms with Gasteiger partial charge in [-0.2, -0.15) is 0 Å². The molecular weight excluding hydrogens is 711 g/mol. The van der Waals surface area contributed by atoms with Crippen molar-refractivity contribution in [3.63, 3.8) is 0 Å². The Labute approximate surface area is 326 Å². The van der Waals surface area contributed by atoms with Gasteiger partial charge in [0, 0.05) is 24.0 Å². The minimum absolute atomic E-state index is 0.116. The second-order valence-corrected chi connectivity index (χ2v) is 17.2. The van der Waals surface area contributed by atoms with E-state index in [9.17, 15) is 14.4 Å². The summed E-state index contributed by atoms with van der Waals surface area (Å²) in [6.07, 6.45) is 2.45. The molecule has 0 unspecified atom stereocenters. The van der Waals surface area contributed by atoms with E-state index in [0.717, 1.165) is 80.0 Å². The number of carbonyl (C=O) groups is 3. The number of hydrogen-bond acceptors (Lipinski definition) is 8. The van der Waals surface area contributed by atoms with Crippen molar-refractivity contribution in [2.75, 3.05) is 20.2 Å². The standard InChI is InChI=1S/C43H51N7O6/c1-22(2)36(48-41(52)54-8)40(51)49-19-23(3)13-33(49)38-44-18-32(46-38)26-9-11-28-27(15-26)21-55-35-17-29-25(16-30(28)35)10-12-31-37(29)47-39(45-31)34-14-24(4)20-50(34)42(53)56-43(5,6)7/h9-12,15-18,22-24,33-34,36H,13-14,19-21H2,1-8H3,(H,44,46)(H,45,47)(H,48,52)/t23-,24-,33-,34-,36-/m0/s1. The minimum atomic E-state index is -0.703. The van der Waals surface area contributed by atoms with Crippen LogP contribution in [0.5, 0.6) is 5.75 Å². The second-order valence-electron chi connectivity index (χ2n) is 17.2. The molecule has 3 aliphatic heterocycles. The maximum absolute atomic E-state index is 13.8. The van der Waals surface area contributed by atoms with Crippen LogP contribution in [0.15, 0.2) is 48.7 Å². The lowest BCUT2D eigenvalue weighted by Gasteiger charge is -2.30. The highest BCUT2D eigenvalue weighted by Gasteiger charge is 2.41. The SMILES string of the molecule is COC(=O)N[C@H](C(=O)N1C[C@@H](C)C[C@H]1c1ncc(-c2ccc3c(c2)COc2cc4c(ccc5nc([C@@H]6C[C@H](C)CN6C(=O)OC(C)(C)C)[nH]c54)cc2-3)[nH]1)C(C)C. The summed E-state index contributed by atoms with van der Waals surface area (Å²) >= 11 is 0. The lowest BCUT2D eigenvalue weighted by Crippen LogP contribution is -2.51. The normalized spacial score (nSPS) is 21.2. The molecule has 5 atom stereocenters. The summed E-state index contributed by atoms with van der Waals surface area (Å²) in [4.78, 5) is 59.5. The van der Waals surface area contributed by atoms with Crippen molar-refractivity contribution in [2.24, 2.45) is 17.8 Å². The number of amides is 3. The molecule has 0 radical (unpaired) electrons. The van der Waals surface area contributed by atoms with Crippen LogP contribution < -0.4 is 10.1 Å². The molecule has 5 heterocycles. The summed E-state index contributed by atoms with van der Waals surface area (Å²) in [7, 11) is 1.30. The van der Waals surface area contributed by atoms with Crippen molar-refractivity contribution in [1.29, 1.82) is 0 Å². The predicted molar refractivity (Wildman–Crippen MR) is 213 cm³/mol. The number of alkyl carbamates (subject to hydrolysis) is 1. The first-order chi connectivity index (χ1) is 26.7. The van der Waals surface area contributed by atoms with Gasteiger partial charge in [-0.25, -0.2) is 19.6 Å². The zero-order valence-corrected chi connectivity index (χ0v) is 33.4. The number of aromatic amines is 2. The molecule has 56 heavy (non-hydrogen) atoms. The molecule has 2 aromatic heterocycles. The van der Waals surface area contributed by atoms with Gasteiger partial charge < -0.3 is 34.4 Å². The number of rotatable bonds is 6. The van der Waals surface area contributed by atoms with Crippen LogP contribution in [0.25, 0.3) is 44.2 Å². The number of carbonyl (C=O) groups excluding carboxylic acids is 3. The fourth-order valence-electron chi connectivity index (χ4n) is 8.54. The Bertz CT molecular complexity index is 2340. The van der Waals surface area contributed by atoms with Crippen LogP contribution in [0, 0.1) is 17.8 Å². The summed E-state index contributed by atoms with van der Waals surface area (Å²) < 4.78 is 17.0. The highest BCUT2D eigenvalue weighted by Crippen LogP contribution is 2.44. The Kier molecular flexibility index (Phi) is 9.45. The van der Waals surface area contributed by atoms with E-state index < -0.39 is 17.7 Å². The van der Waals surface area contributed by atoms with Gasteiger partial charge in [-0.15, -0.1) is 0 Å². The van der Waals surface area contributed by atoms with E-state index in [1.54, 1.807) is 4.90 Å². The number of ether oxygens (including phenoxy) is 3. The number of H-pyrrole nitrogens is 2. The van der Waals surface area contributed by atoms with Gasteiger partial charge >= 0.3 is 12.2 Å². The maximum atomic E-state index is 13.8. The molecular formula is C43H51N7O6. The number of imidazole rings is 2.